The van der Waals surface area contributed by atoms with Crippen LogP contribution in [0.15, 0.2) is 11.6 Å². The molecule has 0 radical (unpaired) electrons. The van der Waals surface area contributed by atoms with Crippen LogP contribution in [0, 0.1) is 11.8 Å². The first-order valence-electron chi connectivity index (χ1n) is 5.38. The molecule has 2 unspecified atom stereocenters. The zero-order valence-electron chi connectivity index (χ0n) is 8.84. The van der Waals surface area contributed by atoms with Gasteiger partial charge in [-0.15, -0.1) is 0 Å². The van der Waals surface area contributed by atoms with Gasteiger partial charge in [-0.1, -0.05) is 31.0 Å². The number of rotatable bonds is 5. The standard InChI is InChI=1S/C11H18ClNO2/c1-8(12)6-13-7-9-4-2-3-5-10(9)11(14)15/h9-10,13H,1-7H2,(H,14,15). The van der Waals surface area contributed by atoms with Crippen LogP contribution in [0.2, 0.25) is 0 Å². The lowest BCUT2D eigenvalue weighted by atomic mass is 9.79. The van der Waals surface area contributed by atoms with Gasteiger partial charge in [0, 0.05) is 11.6 Å². The Labute approximate surface area is 95.5 Å². The summed E-state index contributed by atoms with van der Waals surface area (Å²) in [5.41, 5.74) is 0. The number of aliphatic carboxylic acids is 1. The van der Waals surface area contributed by atoms with Gasteiger partial charge in [-0.25, -0.2) is 0 Å². The quantitative estimate of drug-likeness (QED) is 0.763. The Morgan fingerprint density at radius 2 is 2.13 bits per heavy atom. The first kappa shape index (κ1) is 12.5. The topological polar surface area (TPSA) is 49.3 Å². The smallest absolute Gasteiger partial charge is 0.306 e. The summed E-state index contributed by atoms with van der Waals surface area (Å²) in [6, 6.07) is 0. The summed E-state index contributed by atoms with van der Waals surface area (Å²) in [4.78, 5) is 11.0. The Hall–Kier alpha value is -0.540. The van der Waals surface area contributed by atoms with Crippen molar-refractivity contribution in [3.8, 4) is 0 Å². The molecule has 2 atom stereocenters. The molecule has 0 aromatic rings. The van der Waals surface area contributed by atoms with Crippen LogP contribution in [0.5, 0.6) is 0 Å². The Kier molecular flexibility index (Phi) is 5.12. The molecular weight excluding hydrogens is 214 g/mol. The first-order chi connectivity index (χ1) is 7.11. The third-order valence-electron chi connectivity index (χ3n) is 2.95. The van der Waals surface area contributed by atoms with Crippen molar-refractivity contribution in [1.82, 2.24) is 5.32 Å². The van der Waals surface area contributed by atoms with E-state index in [4.69, 9.17) is 16.7 Å². The summed E-state index contributed by atoms with van der Waals surface area (Å²) >= 11 is 5.62. The molecule has 1 rings (SSSR count). The van der Waals surface area contributed by atoms with Crippen LogP contribution in [-0.4, -0.2) is 24.2 Å². The van der Waals surface area contributed by atoms with Crippen LogP contribution in [0.3, 0.4) is 0 Å². The van der Waals surface area contributed by atoms with Crippen LogP contribution in [0.1, 0.15) is 25.7 Å². The van der Waals surface area contributed by atoms with Crippen molar-refractivity contribution in [2.45, 2.75) is 25.7 Å². The van der Waals surface area contributed by atoms with Crippen molar-refractivity contribution < 1.29 is 9.90 Å². The van der Waals surface area contributed by atoms with Crippen LogP contribution in [0.25, 0.3) is 0 Å². The second kappa shape index (κ2) is 6.13. The lowest BCUT2D eigenvalue weighted by molar-refractivity contribution is -0.144. The Bertz CT molecular complexity index is 243. The number of hydrogen-bond acceptors (Lipinski definition) is 2. The largest absolute Gasteiger partial charge is 0.481 e. The fourth-order valence-corrected chi connectivity index (χ4v) is 2.26. The SMILES string of the molecule is C=C(Cl)CNCC1CCCCC1C(=O)O. The summed E-state index contributed by atoms with van der Waals surface area (Å²) in [6.45, 7) is 4.86. The van der Waals surface area contributed by atoms with Gasteiger partial charge in [0.05, 0.1) is 5.92 Å². The van der Waals surface area contributed by atoms with E-state index in [1.807, 2.05) is 0 Å². The van der Waals surface area contributed by atoms with Gasteiger partial charge in [-0.05, 0) is 25.3 Å². The second-order valence-corrected chi connectivity index (χ2v) is 4.67. The van der Waals surface area contributed by atoms with E-state index in [9.17, 15) is 4.79 Å². The van der Waals surface area contributed by atoms with Crippen LogP contribution >= 0.6 is 11.6 Å². The molecule has 3 nitrogen and oxygen atoms in total. The zero-order chi connectivity index (χ0) is 11.3. The van der Waals surface area contributed by atoms with Gasteiger partial charge in [0.1, 0.15) is 0 Å². The maximum Gasteiger partial charge on any atom is 0.306 e. The summed E-state index contributed by atoms with van der Waals surface area (Å²) in [7, 11) is 0. The summed E-state index contributed by atoms with van der Waals surface area (Å²) in [5, 5.41) is 12.8. The molecule has 15 heavy (non-hydrogen) atoms. The van der Waals surface area contributed by atoms with E-state index < -0.39 is 5.97 Å². The highest BCUT2D eigenvalue weighted by atomic mass is 35.5. The predicted molar refractivity (Wildman–Crippen MR) is 60.9 cm³/mol. The monoisotopic (exact) mass is 231 g/mol. The second-order valence-electron chi connectivity index (χ2n) is 4.14. The molecule has 0 bridgehead atoms. The Balaban J connectivity index is 2.36. The van der Waals surface area contributed by atoms with Crippen LogP contribution in [-0.2, 0) is 4.79 Å². The van der Waals surface area contributed by atoms with E-state index in [-0.39, 0.29) is 11.8 Å². The Morgan fingerprint density at radius 3 is 2.73 bits per heavy atom. The number of carboxylic acid groups (broad SMARTS) is 1. The van der Waals surface area contributed by atoms with Gasteiger partial charge in [-0.2, -0.15) is 0 Å². The molecule has 0 spiro atoms. The third-order valence-corrected chi connectivity index (χ3v) is 3.08. The molecule has 1 saturated carbocycles. The normalized spacial score (nSPS) is 26.2. The summed E-state index contributed by atoms with van der Waals surface area (Å²) in [6.07, 6.45) is 3.98. The van der Waals surface area contributed by atoms with Crippen molar-refractivity contribution in [2.24, 2.45) is 11.8 Å². The molecule has 1 aliphatic rings. The highest BCUT2D eigenvalue weighted by Gasteiger charge is 2.30. The highest BCUT2D eigenvalue weighted by Crippen LogP contribution is 2.29. The molecule has 0 aromatic carbocycles. The number of carbonyl (C=O) groups is 1. The Morgan fingerprint density at radius 1 is 1.47 bits per heavy atom. The van der Waals surface area contributed by atoms with Crippen LogP contribution < -0.4 is 5.32 Å². The average Bonchev–Trinajstić information content (AvgIpc) is 2.17. The molecule has 4 heteroatoms. The third kappa shape index (κ3) is 4.22. The van der Waals surface area contributed by atoms with Gasteiger partial charge in [0.15, 0.2) is 0 Å². The molecule has 86 valence electrons. The van der Waals surface area contributed by atoms with E-state index in [1.165, 1.54) is 0 Å². The van der Waals surface area contributed by atoms with Gasteiger partial charge in [0.25, 0.3) is 0 Å². The summed E-state index contributed by atoms with van der Waals surface area (Å²) < 4.78 is 0. The van der Waals surface area contributed by atoms with Crippen LogP contribution in [0.4, 0.5) is 0 Å². The van der Waals surface area contributed by atoms with Crippen molar-refractivity contribution in [3.05, 3.63) is 11.6 Å². The van der Waals surface area contributed by atoms with Gasteiger partial charge < -0.3 is 10.4 Å². The van der Waals surface area contributed by atoms with Gasteiger partial charge >= 0.3 is 5.97 Å². The molecule has 0 amide bonds. The molecule has 0 heterocycles. The van der Waals surface area contributed by atoms with E-state index >= 15 is 0 Å². The van der Waals surface area contributed by atoms with Gasteiger partial charge in [-0.3, -0.25) is 4.79 Å². The maximum absolute atomic E-state index is 11.0. The fourth-order valence-electron chi connectivity index (χ4n) is 2.17. The molecule has 2 N–H and O–H groups in total. The van der Waals surface area contributed by atoms with E-state index in [0.29, 0.717) is 11.6 Å². The van der Waals surface area contributed by atoms with Crippen molar-refractivity contribution in [3.63, 3.8) is 0 Å². The van der Waals surface area contributed by atoms with Crippen molar-refractivity contribution in [2.75, 3.05) is 13.1 Å². The van der Waals surface area contributed by atoms with Crippen molar-refractivity contribution in [1.29, 1.82) is 0 Å². The van der Waals surface area contributed by atoms with E-state index in [0.717, 1.165) is 32.2 Å². The molecule has 0 aliphatic heterocycles. The zero-order valence-corrected chi connectivity index (χ0v) is 9.59. The maximum atomic E-state index is 11.0. The molecule has 1 fully saturated rings. The number of carboxylic acids is 1. The molecule has 0 saturated heterocycles. The molecule has 1 aliphatic carbocycles. The lowest BCUT2D eigenvalue weighted by Crippen LogP contribution is -2.35. The first-order valence-corrected chi connectivity index (χ1v) is 5.76. The van der Waals surface area contributed by atoms with E-state index in [2.05, 4.69) is 11.9 Å². The minimum Gasteiger partial charge on any atom is -0.481 e. The fraction of sp³-hybridized carbons (Fsp3) is 0.727. The molecule has 0 aromatic heterocycles. The van der Waals surface area contributed by atoms with E-state index in [1.54, 1.807) is 0 Å². The minimum atomic E-state index is -0.661. The lowest BCUT2D eigenvalue weighted by Gasteiger charge is -2.28. The predicted octanol–water partition coefficient (Wildman–Crippen LogP) is 2.22. The van der Waals surface area contributed by atoms with Crippen molar-refractivity contribution >= 4 is 17.6 Å². The number of hydrogen-bond donors (Lipinski definition) is 2. The molecular formula is C11H18ClNO2. The minimum absolute atomic E-state index is 0.185. The summed E-state index contributed by atoms with van der Waals surface area (Å²) in [5.74, 6) is -0.603. The number of halogens is 1. The van der Waals surface area contributed by atoms with Gasteiger partial charge in [0.2, 0.25) is 0 Å². The highest BCUT2D eigenvalue weighted by molar-refractivity contribution is 6.29. The number of nitrogens with one attached hydrogen (secondary N) is 1. The average molecular weight is 232 g/mol.